The Morgan fingerprint density at radius 1 is 1.07 bits per heavy atom. The third kappa shape index (κ3) is 8.06. The Bertz CT molecular complexity index is 994. The maximum atomic E-state index is 13.8. The highest BCUT2D eigenvalue weighted by Gasteiger charge is 2.55. The second kappa shape index (κ2) is 13.9. The number of amides is 3. The molecule has 1 unspecified atom stereocenters. The van der Waals surface area contributed by atoms with Crippen molar-refractivity contribution in [1.82, 2.24) is 20.4 Å². The first-order valence-electron chi connectivity index (χ1n) is 15.2. The Kier molecular flexibility index (Phi) is 11.2. The fourth-order valence-corrected chi connectivity index (χ4v) is 6.21. The summed E-state index contributed by atoms with van der Waals surface area (Å²) in [6.07, 6.45) is 4.22. The molecule has 1 aromatic rings. The van der Waals surface area contributed by atoms with Crippen molar-refractivity contribution in [3.63, 3.8) is 0 Å². The topological polar surface area (TPSA) is 102 Å². The van der Waals surface area contributed by atoms with E-state index < -0.39 is 29.6 Å². The van der Waals surface area contributed by atoms with Crippen LogP contribution in [0.25, 0.3) is 0 Å². The van der Waals surface area contributed by atoms with Gasteiger partial charge in [0.1, 0.15) is 11.6 Å². The van der Waals surface area contributed by atoms with Gasteiger partial charge < -0.3 is 20.6 Å². The highest BCUT2D eigenvalue weighted by molar-refractivity contribution is 5.94. The van der Waals surface area contributed by atoms with Crippen molar-refractivity contribution >= 4 is 17.7 Å². The number of aliphatic hydroxyl groups is 1. The molecule has 3 N–H and O–H groups in total. The zero-order chi connectivity index (χ0) is 29.5. The molecule has 5 atom stereocenters. The summed E-state index contributed by atoms with van der Waals surface area (Å²) in [7, 11) is 0. The molecule has 3 rings (SSSR count). The van der Waals surface area contributed by atoms with Gasteiger partial charge in [-0.1, -0.05) is 71.4 Å². The molecule has 8 nitrogen and oxygen atoms in total. The number of nitrogens with zero attached hydrogens (tertiary/aromatic N) is 2. The molecule has 40 heavy (non-hydrogen) atoms. The van der Waals surface area contributed by atoms with E-state index in [9.17, 15) is 19.5 Å². The molecule has 3 amide bonds. The van der Waals surface area contributed by atoms with Gasteiger partial charge in [0.05, 0.1) is 12.1 Å². The minimum absolute atomic E-state index is 0.0504. The van der Waals surface area contributed by atoms with Gasteiger partial charge in [-0.25, -0.2) is 0 Å². The Morgan fingerprint density at radius 3 is 2.42 bits per heavy atom. The maximum Gasteiger partial charge on any atom is 0.243 e. The summed E-state index contributed by atoms with van der Waals surface area (Å²) in [6, 6.07) is 8.49. The molecule has 1 spiro atoms. The first-order valence-corrected chi connectivity index (χ1v) is 15.2. The van der Waals surface area contributed by atoms with E-state index in [-0.39, 0.29) is 29.6 Å². The van der Waals surface area contributed by atoms with E-state index in [0.29, 0.717) is 19.5 Å². The summed E-state index contributed by atoms with van der Waals surface area (Å²) in [5, 5.41) is 17.2. The van der Waals surface area contributed by atoms with Crippen LogP contribution >= 0.6 is 0 Å². The first-order chi connectivity index (χ1) is 18.9. The number of carbonyl (C=O) groups excluding carboxylic acids is 3. The minimum atomic E-state index is -0.916. The van der Waals surface area contributed by atoms with Crippen LogP contribution in [-0.2, 0) is 20.8 Å². The predicted molar refractivity (Wildman–Crippen MR) is 159 cm³/mol. The van der Waals surface area contributed by atoms with Gasteiger partial charge in [-0.05, 0) is 63.0 Å². The number of likely N-dealkylation sites (tertiary alicyclic amines) is 2. The van der Waals surface area contributed by atoms with Crippen LogP contribution in [0.4, 0.5) is 0 Å². The lowest BCUT2D eigenvalue weighted by molar-refractivity contribution is -0.143. The first kappa shape index (κ1) is 32.1. The molecule has 1 aromatic carbocycles. The van der Waals surface area contributed by atoms with Gasteiger partial charge in [-0.15, -0.1) is 0 Å². The van der Waals surface area contributed by atoms with Crippen molar-refractivity contribution in [3.05, 3.63) is 35.9 Å². The van der Waals surface area contributed by atoms with Gasteiger partial charge in [-0.3, -0.25) is 19.3 Å². The highest BCUT2D eigenvalue weighted by atomic mass is 16.3. The molecular weight excluding hydrogens is 504 g/mol. The summed E-state index contributed by atoms with van der Waals surface area (Å²) < 4.78 is 0. The Balaban J connectivity index is 1.69. The highest BCUT2D eigenvalue weighted by Crippen LogP contribution is 2.41. The van der Waals surface area contributed by atoms with Crippen LogP contribution in [0.3, 0.4) is 0 Å². The van der Waals surface area contributed by atoms with E-state index >= 15 is 0 Å². The summed E-state index contributed by atoms with van der Waals surface area (Å²) in [4.78, 5) is 44.0. The number of hydrogen-bond donors (Lipinski definition) is 3. The summed E-state index contributed by atoms with van der Waals surface area (Å²) in [5.74, 6) is -0.703. The third-order valence-corrected chi connectivity index (χ3v) is 8.52. The molecule has 2 aliphatic rings. The SMILES string of the molecule is CCCCNC(=O)[C@H](C)C[C@H](O)[C@H](Cc1ccccc1)NC(=O)C(C)N1CC[C@@]2(CCCN2CC(C)(C)C)C1=O. The summed E-state index contributed by atoms with van der Waals surface area (Å²) in [5.41, 5.74) is 0.559. The molecule has 2 saturated heterocycles. The number of carbonyl (C=O) groups is 3. The number of rotatable bonds is 13. The Labute approximate surface area is 241 Å². The molecule has 2 heterocycles. The van der Waals surface area contributed by atoms with E-state index in [0.717, 1.165) is 50.8 Å². The Hall–Kier alpha value is -2.45. The van der Waals surface area contributed by atoms with Crippen molar-refractivity contribution in [2.24, 2.45) is 11.3 Å². The number of benzene rings is 1. The molecule has 0 saturated carbocycles. The predicted octanol–water partition coefficient (Wildman–Crippen LogP) is 3.52. The standard InChI is InChI=1S/C32H52N4O4/c1-7-8-17-33-28(38)23(2)20-27(37)26(21-25-13-10-9-11-14-25)34-29(39)24(3)36-19-16-32(30(36)40)15-12-18-35(32)22-31(4,5)6/h9-11,13-14,23-24,26-27,37H,7-8,12,15-22H2,1-6H3,(H,33,38)(H,34,39)/t23-,24?,26+,27+,32+/m1/s1. The van der Waals surface area contributed by atoms with Crippen LogP contribution in [0, 0.1) is 11.3 Å². The molecule has 0 aromatic heterocycles. The second-order valence-corrected chi connectivity index (χ2v) is 13.2. The second-order valence-electron chi connectivity index (χ2n) is 13.2. The van der Waals surface area contributed by atoms with Gasteiger partial charge in [0.2, 0.25) is 17.7 Å². The maximum absolute atomic E-state index is 13.8. The van der Waals surface area contributed by atoms with Crippen molar-refractivity contribution in [3.8, 4) is 0 Å². The summed E-state index contributed by atoms with van der Waals surface area (Å²) in [6.45, 7) is 15.2. The Morgan fingerprint density at radius 2 is 1.77 bits per heavy atom. The zero-order valence-electron chi connectivity index (χ0n) is 25.5. The zero-order valence-corrected chi connectivity index (χ0v) is 25.5. The largest absolute Gasteiger partial charge is 0.391 e. The van der Waals surface area contributed by atoms with E-state index in [1.807, 2.05) is 37.3 Å². The van der Waals surface area contributed by atoms with E-state index in [1.54, 1.807) is 11.8 Å². The minimum Gasteiger partial charge on any atom is -0.391 e. The number of nitrogens with one attached hydrogen (secondary N) is 2. The van der Waals surface area contributed by atoms with Gasteiger partial charge in [0.25, 0.3) is 0 Å². The smallest absolute Gasteiger partial charge is 0.243 e. The third-order valence-electron chi connectivity index (χ3n) is 8.52. The molecule has 2 aliphatic heterocycles. The van der Waals surface area contributed by atoms with E-state index in [4.69, 9.17) is 0 Å². The molecule has 8 heteroatoms. The summed E-state index contributed by atoms with van der Waals surface area (Å²) >= 11 is 0. The van der Waals surface area contributed by atoms with E-state index in [2.05, 4.69) is 43.2 Å². The van der Waals surface area contributed by atoms with Crippen LogP contribution in [0.2, 0.25) is 0 Å². The number of unbranched alkanes of at least 4 members (excludes halogenated alkanes) is 1. The quantitative estimate of drug-likeness (QED) is 0.323. The molecule has 224 valence electrons. The normalized spacial score (nSPS) is 22.8. The van der Waals surface area contributed by atoms with Crippen LogP contribution < -0.4 is 10.6 Å². The van der Waals surface area contributed by atoms with Crippen LogP contribution in [0.5, 0.6) is 0 Å². The van der Waals surface area contributed by atoms with Crippen molar-refractivity contribution in [2.75, 3.05) is 26.2 Å². The molecule has 2 fully saturated rings. The monoisotopic (exact) mass is 556 g/mol. The van der Waals surface area contributed by atoms with Crippen LogP contribution in [0.15, 0.2) is 30.3 Å². The molecular formula is C32H52N4O4. The van der Waals surface area contributed by atoms with Gasteiger partial charge >= 0.3 is 0 Å². The van der Waals surface area contributed by atoms with Crippen molar-refractivity contribution in [2.45, 2.75) is 110 Å². The lowest BCUT2D eigenvalue weighted by atomic mass is 9.90. The lowest BCUT2D eigenvalue weighted by Gasteiger charge is -2.38. The average Bonchev–Trinajstić information content (AvgIpc) is 3.45. The molecule has 0 bridgehead atoms. The van der Waals surface area contributed by atoms with Gasteiger partial charge in [-0.2, -0.15) is 0 Å². The molecule has 0 radical (unpaired) electrons. The van der Waals surface area contributed by atoms with Gasteiger partial charge in [0, 0.05) is 25.6 Å². The van der Waals surface area contributed by atoms with Crippen molar-refractivity contribution < 1.29 is 19.5 Å². The fourth-order valence-electron chi connectivity index (χ4n) is 6.21. The number of hydrogen-bond acceptors (Lipinski definition) is 5. The fraction of sp³-hybridized carbons (Fsp3) is 0.719. The van der Waals surface area contributed by atoms with Crippen molar-refractivity contribution in [1.29, 1.82) is 0 Å². The number of aliphatic hydroxyl groups excluding tert-OH is 1. The van der Waals surface area contributed by atoms with Gasteiger partial charge in [0.15, 0.2) is 0 Å². The molecule has 0 aliphatic carbocycles. The van der Waals surface area contributed by atoms with Crippen LogP contribution in [-0.4, -0.2) is 82.5 Å². The van der Waals surface area contributed by atoms with Crippen LogP contribution in [0.1, 0.15) is 85.6 Å². The van der Waals surface area contributed by atoms with E-state index in [1.165, 1.54) is 0 Å². The lowest BCUT2D eigenvalue weighted by Crippen LogP contribution is -2.57. The average molecular weight is 557 g/mol.